The summed E-state index contributed by atoms with van der Waals surface area (Å²) in [5.74, 6) is -0.532. The van der Waals surface area contributed by atoms with Gasteiger partial charge in [-0.15, -0.1) is 0 Å². The van der Waals surface area contributed by atoms with Crippen LogP contribution in [-0.2, 0) is 4.79 Å². The minimum absolute atomic E-state index is 0.0789. The first-order valence-electron chi connectivity index (χ1n) is 7.00. The van der Waals surface area contributed by atoms with Crippen LogP contribution < -0.4 is 5.32 Å². The van der Waals surface area contributed by atoms with Gasteiger partial charge in [-0.3, -0.25) is 4.79 Å². The van der Waals surface area contributed by atoms with Crippen LogP contribution in [0.15, 0.2) is 0 Å². The lowest BCUT2D eigenvalue weighted by Gasteiger charge is -2.32. The Balaban J connectivity index is 2.37. The summed E-state index contributed by atoms with van der Waals surface area (Å²) >= 11 is 0. The average Bonchev–Trinajstić information content (AvgIpc) is 2.32. The maximum atomic E-state index is 11.9. The fraction of sp³-hybridized carbons (Fsp3) is 0.857. The lowest BCUT2D eigenvalue weighted by Crippen LogP contribution is -2.46. The summed E-state index contributed by atoms with van der Waals surface area (Å²) in [6.45, 7) is 9.27. The second-order valence-electron chi connectivity index (χ2n) is 5.48. The van der Waals surface area contributed by atoms with E-state index < -0.39 is 5.92 Å². The molecule has 1 fully saturated rings. The molecule has 0 aromatic carbocycles. The Labute approximate surface area is 110 Å². The van der Waals surface area contributed by atoms with E-state index in [1.165, 1.54) is 6.42 Å². The van der Waals surface area contributed by atoms with Gasteiger partial charge in [0.15, 0.2) is 0 Å². The highest BCUT2D eigenvalue weighted by molar-refractivity contribution is 5.81. The zero-order valence-electron chi connectivity index (χ0n) is 11.8. The van der Waals surface area contributed by atoms with Gasteiger partial charge in [0.1, 0.15) is 5.92 Å². The Hall–Kier alpha value is -1.08. The van der Waals surface area contributed by atoms with Gasteiger partial charge in [0.25, 0.3) is 0 Å². The number of piperidine rings is 1. The molecule has 1 rings (SSSR count). The molecule has 4 nitrogen and oxygen atoms in total. The van der Waals surface area contributed by atoms with Gasteiger partial charge in [0.05, 0.1) is 6.07 Å². The number of carbonyl (C=O) groups excluding carboxylic acids is 1. The number of carbonyl (C=O) groups is 1. The Bertz CT molecular complexity index is 301. The Morgan fingerprint density at radius 1 is 1.44 bits per heavy atom. The molecule has 1 aliphatic rings. The predicted octanol–water partition coefficient (Wildman–Crippen LogP) is 1.77. The van der Waals surface area contributed by atoms with Crippen LogP contribution in [0.5, 0.6) is 0 Å². The zero-order chi connectivity index (χ0) is 13.5. The molecule has 0 bridgehead atoms. The molecule has 0 spiro atoms. The molecule has 1 aliphatic heterocycles. The predicted molar refractivity (Wildman–Crippen MR) is 71.8 cm³/mol. The Morgan fingerprint density at radius 3 is 2.50 bits per heavy atom. The lowest BCUT2D eigenvalue weighted by atomic mass is 9.95. The highest BCUT2D eigenvalue weighted by Gasteiger charge is 2.26. The first-order valence-corrected chi connectivity index (χ1v) is 7.00. The van der Waals surface area contributed by atoms with E-state index in [0.29, 0.717) is 0 Å². The van der Waals surface area contributed by atoms with E-state index in [1.54, 1.807) is 0 Å². The van der Waals surface area contributed by atoms with Crippen molar-refractivity contribution in [3.8, 4) is 6.07 Å². The Morgan fingerprint density at radius 2 is 2.06 bits per heavy atom. The van der Waals surface area contributed by atoms with Crippen molar-refractivity contribution in [2.75, 3.05) is 19.6 Å². The van der Waals surface area contributed by atoms with E-state index in [1.807, 2.05) is 13.8 Å². The van der Waals surface area contributed by atoms with Gasteiger partial charge in [-0.1, -0.05) is 20.8 Å². The third kappa shape index (κ3) is 4.30. The lowest BCUT2D eigenvalue weighted by molar-refractivity contribution is -0.125. The molecule has 18 heavy (non-hydrogen) atoms. The smallest absolute Gasteiger partial charge is 0.237 e. The van der Waals surface area contributed by atoms with Gasteiger partial charge in [-0.2, -0.15) is 5.26 Å². The minimum atomic E-state index is -0.515. The van der Waals surface area contributed by atoms with Gasteiger partial charge < -0.3 is 10.2 Å². The van der Waals surface area contributed by atoms with E-state index in [4.69, 9.17) is 5.26 Å². The minimum Gasteiger partial charge on any atom is -0.352 e. The van der Waals surface area contributed by atoms with Gasteiger partial charge in [-0.05, 0) is 31.7 Å². The summed E-state index contributed by atoms with van der Waals surface area (Å²) < 4.78 is 0. The molecule has 0 aromatic heterocycles. The molecule has 0 saturated carbocycles. The van der Waals surface area contributed by atoms with E-state index in [2.05, 4.69) is 23.2 Å². The van der Waals surface area contributed by atoms with Crippen molar-refractivity contribution in [2.45, 2.75) is 46.1 Å². The van der Waals surface area contributed by atoms with E-state index in [9.17, 15) is 4.79 Å². The molecular weight excluding hydrogens is 226 g/mol. The highest BCUT2D eigenvalue weighted by Crippen LogP contribution is 2.14. The van der Waals surface area contributed by atoms with Crippen molar-refractivity contribution in [1.29, 1.82) is 5.26 Å². The molecule has 1 saturated heterocycles. The Kier molecular flexibility index (Phi) is 6.14. The van der Waals surface area contributed by atoms with Crippen LogP contribution in [0.1, 0.15) is 40.0 Å². The van der Waals surface area contributed by atoms with Crippen LogP contribution in [0.4, 0.5) is 0 Å². The number of likely N-dealkylation sites (tertiary alicyclic amines) is 1. The van der Waals surface area contributed by atoms with Gasteiger partial charge in [0.2, 0.25) is 5.91 Å². The van der Waals surface area contributed by atoms with Crippen molar-refractivity contribution >= 4 is 5.91 Å². The van der Waals surface area contributed by atoms with Crippen LogP contribution in [-0.4, -0.2) is 36.5 Å². The van der Waals surface area contributed by atoms with Crippen molar-refractivity contribution in [3.05, 3.63) is 0 Å². The molecule has 1 heterocycles. The standard InChI is InChI=1S/C14H25N3O/c1-4-7-17-8-5-12(6-9-17)16-14(18)13(10-15)11(2)3/h11-13H,4-9H2,1-3H3,(H,16,18). The summed E-state index contributed by atoms with van der Waals surface area (Å²) in [7, 11) is 0. The molecule has 4 heteroatoms. The molecule has 1 unspecified atom stereocenters. The van der Waals surface area contributed by atoms with E-state index in [-0.39, 0.29) is 17.9 Å². The fourth-order valence-electron chi connectivity index (χ4n) is 2.42. The zero-order valence-corrected chi connectivity index (χ0v) is 11.8. The summed E-state index contributed by atoms with van der Waals surface area (Å²) in [5, 5.41) is 12.0. The largest absolute Gasteiger partial charge is 0.352 e. The SMILES string of the molecule is CCCN1CCC(NC(=O)C(C#N)C(C)C)CC1. The molecule has 1 atom stereocenters. The number of rotatable bonds is 5. The first-order chi connectivity index (χ1) is 8.58. The summed E-state index contributed by atoms with van der Waals surface area (Å²) in [5.41, 5.74) is 0. The molecule has 0 radical (unpaired) electrons. The number of hydrogen-bond donors (Lipinski definition) is 1. The molecule has 102 valence electrons. The van der Waals surface area contributed by atoms with Gasteiger partial charge >= 0.3 is 0 Å². The maximum absolute atomic E-state index is 11.9. The third-order valence-corrected chi connectivity index (χ3v) is 3.56. The van der Waals surface area contributed by atoms with Crippen LogP contribution >= 0.6 is 0 Å². The first kappa shape index (κ1) is 15.0. The molecule has 0 aliphatic carbocycles. The second-order valence-corrected chi connectivity index (χ2v) is 5.48. The summed E-state index contributed by atoms with van der Waals surface area (Å²) in [6, 6.07) is 2.35. The number of nitrogens with zero attached hydrogens (tertiary/aromatic N) is 2. The second kappa shape index (κ2) is 7.38. The molecule has 1 amide bonds. The van der Waals surface area contributed by atoms with Crippen molar-refractivity contribution in [2.24, 2.45) is 11.8 Å². The van der Waals surface area contributed by atoms with Crippen LogP contribution in [0, 0.1) is 23.2 Å². The highest BCUT2D eigenvalue weighted by atomic mass is 16.1. The normalized spacial score (nSPS) is 19.5. The topological polar surface area (TPSA) is 56.1 Å². The van der Waals surface area contributed by atoms with E-state index in [0.717, 1.165) is 32.5 Å². The molecular formula is C14H25N3O. The van der Waals surface area contributed by atoms with E-state index >= 15 is 0 Å². The van der Waals surface area contributed by atoms with Gasteiger partial charge in [0, 0.05) is 19.1 Å². The van der Waals surface area contributed by atoms with Crippen molar-refractivity contribution < 1.29 is 4.79 Å². The number of amides is 1. The summed E-state index contributed by atoms with van der Waals surface area (Å²) in [6.07, 6.45) is 3.19. The van der Waals surface area contributed by atoms with Crippen LogP contribution in [0.2, 0.25) is 0 Å². The molecule has 0 aromatic rings. The van der Waals surface area contributed by atoms with Crippen LogP contribution in [0.3, 0.4) is 0 Å². The maximum Gasteiger partial charge on any atom is 0.237 e. The van der Waals surface area contributed by atoms with Gasteiger partial charge in [-0.25, -0.2) is 0 Å². The number of nitrogens with one attached hydrogen (secondary N) is 1. The third-order valence-electron chi connectivity index (χ3n) is 3.56. The molecule has 1 N–H and O–H groups in total. The van der Waals surface area contributed by atoms with Crippen molar-refractivity contribution in [3.63, 3.8) is 0 Å². The van der Waals surface area contributed by atoms with Crippen LogP contribution in [0.25, 0.3) is 0 Å². The quantitative estimate of drug-likeness (QED) is 0.810. The monoisotopic (exact) mass is 251 g/mol. The average molecular weight is 251 g/mol. The van der Waals surface area contributed by atoms with Crippen molar-refractivity contribution in [1.82, 2.24) is 10.2 Å². The fourth-order valence-corrected chi connectivity index (χ4v) is 2.42. The number of hydrogen-bond acceptors (Lipinski definition) is 3. The number of nitriles is 1. The summed E-state index contributed by atoms with van der Waals surface area (Å²) in [4.78, 5) is 14.4.